The minimum absolute atomic E-state index is 0.240. The summed E-state index contributed by atoms with van der Waals surface area (Å²) in [5, 5.41) is -3.94. The Balaban J connectivity index is 3.26. The quantitative estimate of drug-likeness (QED) is 0.613. The van der Waals surface area contributed by atoms with Crippen molar-refractivity contribution in [1.82, 2.24) is 4.98 Å². The first-order chi connectivity index (χ1) is 6.34. The zero-order valence-electron chi connectivity index (χ0n) is 7.22. The molecule has 1 heterocycles. The van der Waals surface area contributed by atoms with E-state index in [1.807, 2.05) is 0 Å². The summed E-state index contributed by atoms with van der Waals surface area (Å²) >= 11 is 4.60. The number of nitrogens with two attached hydrogens (primary N) is 1. The maximum absolute atomic E-state index is 12.5. The van der Waals surface area contributed by atoms with E-state index in [0.717, 1.165) is 0 Å². The number of rotatable bonds is 2. The molecule has 0 aliphatic heterocycles. The van der Waals surface area contributed by atoms with E-state index < -0.39 is 11.2 Å². The summed E-state index contributed by atoms with van der Waals surface area (Å²) in [7, 11) is 0. The highest BCUT2D eigenvalue weighted by atomic mass is 35.5. The highest BCUT2D eigenvalue weighted by molar-refractivity contribution is 6.36. The molecule has 0 radical (unpaired) electrons. The van der Waals surface area contributed by atoms with Crippen LogP contribution in [0.3, 0.4) is 0 Å². The van der Waals surface area contributed by atoms with Gasteiger partial charge in [0.1, 0.15) is 5.82 Å². The summed E-state index contributed by atoms with van der Waals surface area (Å²) in [6, 6.07) is 1.41. The van der Waals surface area contributed by atoms with Gasteiger partial charge in [-0.05, 0) is 30.2 Å². The summed E-state index contributed by atoms with van der Waals surface area (Å²) in [6.45, 7) is 1.48. The summed E-state index contributed by atoms with van der Waals surface area (Å²) in [4.78, 5) is 14.6. The number of hydrogen-bond donors (Lipinski definition) is 1. The molecule has 1 aromatic heterocycles. The lowest BCUT2D eigenvalue weighted by Gasteiger charge is -2.10. The van der Waals surface area contributed by atoms with Gasteiger partial charge < -0.3 is 5.73 Å². The number of pyridine rings is 1. The maximum atomic E-state index is 12.5. The van der Waals surface area contributed by atoms with Crippen molar-refractivity contribution in [2.24, 2.45) is 0 Å². The number of Topliss-reactive ketones (excluding diaryl/α,β-unsaturated/α-hetero) is 1. The first-order valence-corrected chi connectivity index (χ1v) is 4.04. The molecule has 2 N–H and O–H groups in total. The van der Waals surface area contributed by atoms with E-state index in [4.69, 9.17) is 5.73 Å². The van der Waals surface area contributed by atoms with E-state index in [1.165, 1.54) is 19.2 Å². The van der Waals surface area contributed by atoms with Gasteiger partial charge in [-0.25, -0.2) is 4.98 Å². The lowest BCUT2D eigenvalue weighted by molar-refractivity contribution is 0.0536. The Morgan fingerprint density at radius 2 is 2.21 bits per heavy atom. The average Bonchev–Trinajstić information content (AvgIpc) is 2.01. The normalized spacial score (nSPS) is 11.4. The molecular weight excluding hydrogens is 214 g/mol. The van der Waals surface area contributed by atoms with Gasteiger partial charge in [0.15, 0.2) is 0 Å². The maximum Gasteiger partial charge on any atom is 0.385 e. The number of alkyl halides is 3. The van der Waals surface area contributed by atoms with Gasteiger partial charge in [-0.15, -0.1) is 0 Å². The van der Waals surface area contributed by atoms with Crippen LogP contribution in [0.15, 0.2) is 12.3 Å². The van der Waals surface area contributed by atoms with E-state index in [0.29, 0.717) is 5.56 Å². The van der Waals surface area contributed by atoms with Gasteiger partial charge in [0.05, 0.1) is 5.56 Å². The van der Waals surface area contributed by atoms with E-state index >= 15 is 0 Å². The van der Waals surface area contributed by atoms with Crippen LogP contribution < -0.4 is 5.73 Å². The Labute approximate surface area is 83.9 Å². The molecule has 76 valence electrons. The minimum atomic E-state index is -3.94. The number of ketones is 1. The number of carbonyl (C=O) groups is 1. The fourth-order valence-electron chi connectivity index (χ4n) is 1.02. The minimum Gasteiger partial charge on any atom is -0.383 e. The Morgan fingerprint density at radius 1 is 1.64 bits per heavy atom. The lowest BCUT2D eigenvalue weighted by Crippen LogP contribution is -2.24. The van der Waals surface area contributed by atoms with Crippen LogP contribution in [0.5, 0.6) is 0 Å². The van der Waals surface area contributed by atoms with Gasteiger partial charge in [0.25, 0.3) is 5.78 Å². The summed E-state index contributed by atoms with van der Waals surface area (Å²) in [5.74, 6) is -1.77. The van der Waals surface area contributed by atoms with Crippen LogP contribution in [0, 0.1) is 6.92 Å². The third-order valence-corrected chi connectivity index (χ3v) is 1.84. The largest absolute Gasteiger partial charge is 0.385 e. The molecule has 14 heavy (non-hydrogen) atoms. The second-order valence-electron chi connectivity index (χ2n) is 2.71. The zero-order valence-corrected chi connectivity index (χ0v) is 7.98. The molecule has 0 bridgehead atoms. The van der Waals surface area contributed by atoms with Crippen LogP contribution in [-0.4, -0.2) is 16.1 Å². The van der Waals surface area contributed by atoms with Crippen molar-refractivity contribution in [3.05, 3.63) is 23.4 Å². The van der Waals surface area contributed by atoms with Crippen molar-refractivity contribution in [1.29, 1.82) is 0 Å². The highest BCUT2D eigenvalue weighted by Crippen LogP contribution is 2.27. The summed E-state index contributed by atoms with van der Waals surface area (Å²) < 4.78 is 25.0. The fraction of sp³-hybridized carbons (Fsp3) is 0.250. The van der Waals surface area contributed by atoms with Crippen LogP contribution in [0.2, 0.25) is 0 Å². The molecule has 0 atom stereocenters. The zero-order chi connectivity index (χ0) is 10.9. The predicted octanol–water partition coefficient (Wildman–Crippen LogP) is 1.99. The van der Waals surface area contributed by atoms with Crippen molar-refractivity contribution in [2.45, 2.75) is 12.3 Å². The van der Waals surface area contributed by atoms with Crippen LogP contribution in [0.4, 0.5) is 14.6 Å². The number of aromatic nitrogens is 1. The SMILES string of the molecule is Cc1ccnc(N)c1C(=O)C(F)(F)Cl. The van der Waals surface area contributed by atoms with E-state index in [9.17, 15) is 13.6 Å². The van der Waals surface area contributed by atoms with Crippen molar-refractivity contribution in [3.63, 3.8) is 0 Å². The Morgan fingerprint density at radius 3 is 2.64 bits per heavy atom. The van der Waals surface area contributed by atoms with Gasteiger partial charge in [-0.3, -0.25) is 4.79 Å². The fourth-order valence-corrected chi connectivity index (χ4v) is 1.11. The molecule has 0 unspecified atom stereocenters. The van der Waals surface area contributed by atoms with Gasteiger partial charge in [0.2, 0.25) is 0 Å². The van der Waals surface area contributed by atoms with Gasteiger partial charge >= 0.3 is 5.38 Å². The Hall–Kier alpha value is -1.23. The van der Waals surface area contributed by atoms with Gasteiger partial charge in [-0.2, -0.15) is 8.78 Å². The number of nitrogen functional groups attached to an aromatic ring is 1. The van der Waals surface area contributed by atoms with Crippen LogP contribution in [-0.2, 0) is 0 Å². The monoisotopic (exact) mass is 220 g/mol. The van der Waals surface area contributed by atoms with E-state index in [1.54, 1.807) is 0 Å². The van der Waals surface area contributed by atoms with Crippen LogP contribution in [0.25, 0.3) is 0 Å². The molecule has 0 aliphatic carbocycles. The molecule has 3 nitrogen and oxygen atoms in total. The van der Waals surface area contributed by atoms with E-state index in [2.05, 4.69) is 16.6 Å². The standard InChI is InChI=1S/C8H7ClF2N2O/c1-4-2-3-13-7(12)5(4)6(14)8(9,10)11/h2-3H,1H3,(H2,12,13). The molecule has 0 saturated heterocycles. The third kappa shape index (κ3) is 1.98. The number of anilines is 1. The first kappa shape index (κ1) is 10.8. The Kier molecular flexibility index (Phi) is 2.71. The molecule has 0 aliphatic rings. The second kappa shape index (κ2) is 3.49. The van der Waals surface area contributed by atoms with Crippen LogP contribution in [0.1, 0.15) is 15.9 Å². The predicted molar refractivity (Wildman–Crippen MR) is 48.5 cm³/mol. The van der Waals surface area contributed by atoms with Gasteiger partial charge in [-0.1, -0.05) is 0 Å². The third-order valence-electron chi connectivity index (χ3n) is 1.67. The molecular formula is C8H7ClF2N2O. The number of aryl methyl sites for hydroxylation is 1. The highest BCUT2D eigenvalue weighted by Gasteiger charge is 2.38. The summed E-state index contributed by atoms with van der Waals surface area (Å²) in [6.07, 6.45) is 1.33. The molecule has 0 spiro atoms. The number of hydrogen-bond acceptors (Lipinski definition) is 3. The van der Waals surface area contributed by atoms with Crippen LogP contribution >= 0.6 is 11.6 Å². The molecule has 0 amide bonds. The van der Waals surface area contributed by atoms with Crippen molar-refractivity contribution in [3.8, 4) is 0 Å². The smallest absolute Gasteiger partial charge is 0.383 e. The second-order valence-corrected chi connectivity index (χ2v) is 3.19. The average molecular weight is 221 g/mol. The summed E-state index contributed by atoms with van der Waals surface area (Å²) in [5.41, 5.74) is 5.29. The van der Waals surface area contributed by atoms with Crippen molar-refractivity contribution < 1.29 is 13.6 Å². The number of halogens is 3. The van der Waals surface area contributed by atoms with Gasteiger partial charge in [0, 0.05) is 6.20 Å². The lowest BCUT2D eigenvalue weighted by atomic mass is 10.1. The first-order valence-electron chi connectivity index (χ1n) is 3.66. The van der Waals surface area contributed by atoms with E-state index in [-0.39, 0.29) is 11.4 Å². The molecule has 1 rings (SSSR count). The molecule has 0 aromatic carbocycles. The number of carbonyl (C=O) groups excluding carboxylic acids is 1. The molecule has 0 fully saturated rings. The van der Waals surface area contributed by atoms with Crippen molar-refractivity contribution in [2.75, 3.05) is 5.73 Å². The topological polar surface area (TPSA) is 56.0 Å². The number of nitrogens with zero attached hydrogens (tertiary/aromatic N) is 1. The molecule has 6 heteroatoms. The molecule has 1 aromatic rings. The van der Waals surface area contributed by atoms with Crippen molar-refractivity contribution >= 4 is 23.2 Å². The Bertz CT molecular complexity index is 356. The molecule has 0 saturated carbocycles.